The molecule has 3 heterocycles. The van der Waals surface area contributed by atoms with Crippen LogP contribution in [0.15, 0.2) is 77.7 Å². The Morgan fingerprint density at radius 3 is 2.65 bits per heavy atom. The Hall–Kier alpha value is -3.72. The number of rotatable bonds is 1. The molecule has 0 unspecified atom stereocenters. The molecule has 3 aromatic rings. The Morgan fingerprint density at radius 2 is 1.85 bits per heavy atom. The summed E-state index contributed by atoms with van der Waals surface area (Å²) in [5.41, 5.74) is 0.452. The first-order valence-electron chi connectivity index (χ1n) is 10.8. The number of hydrogen-bond donors (Lipinski definition) is 2. The molecule has 34 heavy (non-hydrogen) atoms. The van der Waals surface area contributed by atoms with Gasteiger partial charge in [0.25, 0.3) is 5.91 Å². The van der Waals surface area contributed by atoms with Gasteiger partial charge >= 0.3 is 0 Å². The highest BCUT2D eigenvalue weighted by atomic mass is 32.1. The lowest BCUT2D eigenvalue weighted by Crippen LogP contribution is -2.61. The number of benzene rings is 2. The maximum atomic E-state index is 14.3. The van der Waals surface area contributed by atoms with Crippen molar-refractivity contribution in [2.24, 2.45) is 0 Å². The Labute approximate surface area is 200 Å². The minimum absolute atomic E-state index is 0.0944. The van der Waals surface area contributed by atoms with Crippen molar-refractivity contribution in [3.8, 4) is 11.5 Å². The number of amides is 1. The van der Waals surface area contributed by atoms with Crippen molar-refractivity contribution in [2.75, 3.05) is 24.8 Å². The number of carbonyl (C=O) groups is 1. The van der Waals surface area contributed by atoms with Crippen LogP contribution in [0.3, 0.4) is 0 Å². The highest BCUT2D eigenvalue weighted by Gasteiger charge is 2.45. The molecule has 2 aliphatic rings. The van der Waals surface area contributed by atoms with Crippen LogP contribution in [0, 0.1) is 5.82 Å². The molecule has 9 heteroatoms. The predicted octanol–water partition coefficient (Wildman–Crippen LogP) is 3.21. The zero-order valence-corrected chi connectivity index (χ0v) is 19.0. The molecule has 5 rings (SSSR count). The number of thiol groups is 1. The zero-order chi connectivity index (χ0) is 23.9. The third-order valence-electron chi connectivity index (χ3n) is 6.04. The van der Waals surface area contributed by atoms with Crippen LogP contribution in [-0.2, 0) is 4.87 Å². The van der Waals surface area contributed by atoms with Crippen LogP contribution in [0.1, 0.15) is 28.0 Å². The molecule has 7 nitrogen and oxygen atoms in total. The monoisotopic (exact) mass is 479 g/mol. The van der Waals surface area contributed by atoms with E-state index in [0.717, 1.165) is 5.56 Å². The van der Waals surface area contributed by atoms with Gasteiger partial charge in [-0.1, -0.05) is 42.5 Å². The number of carbonyl (C=O) groups excluding carboxylic acids is 1. The number of aromatic hydroxyl groups is 1. The molecule has 1 aromatic heterocycles. The van der Waals surface area contributed by atoms with Crippen molar-refractivity contribution in [3.63, 3.8) is 0 Å². The zero-order valence-electron chi connectivity index (χ0n) is 18.1. The fourth-order valence-electron chi connectivity index (χ4n) is 4.36. The Morgan fingerprint density at radius 1 is 1.06 bits per heavy atom. The van der Waals surface area contributed by atoms with E-state index in [9.17, 15) is 19.1 Å². The van der Waals surface area contributed by atoms with E-state index in [1.165, 1.54) is 29.1 Å². The van der Waals surface area contributed by atoms with Crippen molar-refractivity contribution < 1.29 is 19.0 Å². The first kappa shape index (κ1) is 22.1. The van der Waals surface area contributed by atoms with E-state index < -0.39 is 27.8 Å². The van der Waals surface area contributed by atoms with Gasteiger partial charge in [-0.2, -0.15) is 0 Å². The summed E-state index contributed by atoms with van der Waals surface area (Å²) in [4.78, 5) is 25.8. The maximum absolute atomic E-state index is 14.3. The van der Waals surface area contributed by atoms with Crippen LogP contribution >= 0.6 is 12.6 Å². The average molecular weight is 480 g/mol. The molecule has 0 fully saturated rings. The summed E-state index contributed by atoms with van der Waals surface area (Å²) in [6.07, 6.45) is 5.65. The summed E-state index contributed by atoms with van der Waals surface area (Å²) in [6, 6.07) is 14.7. The van der Waals surface area contributed by atoms with Gasteiger partial charge in [0.05, 0.1) is 0 Å². The van der Waals surface area contributed by atoms with Crippen LogP contribution in [0.4, 0.5) is 4.39 Å². The molecule has 1 amide bonds. The minimum Gasteiger partial charge on any atom is -0.502 e. The quantitative estimate of drug-likeness (QED) is 0.414. The predicted molar refractivity (Wildman–Crippen MR) is 128 cm³/mol. The SMILES string of the molecule is O=C1c2c(O)c(=O)ccn2N2CN1CC/C=C/COc1cc(F)ccc1[C@@]2(S)c1ccccc1. The van der Waals surface area contributed by atoms with Crippen molar-refractivity contribution in [2.45, 2.75) is 11.3 Å². The van der Waals surface area contributed by atoms with Crippen molar-refractivity contribution >= 4 is 18.5 Å². The lowest BCUT2D eigenvalue weighted by Gasteiger charge is -2.49. The van der Waals surface area contributed by atoms with Crippen LogP contribution in [0.2, 0.25) is 0 Å². The van der Waals surface area contributed by atoms with Crippen molar-refractivity contribution in [3.05, 3.63) is 106 Å². The van der Waals surface area contributed by atoms with Gasteiger partial charge in [-0.15, -0.1) is 12.6 Å². The number of fused-ring (bicyclic) bond motifs is 5. The number of halogens is 1. The van der Waals surface area contributed by atoms with Crippen LogP contribution in [-0.4, -0.2) is 40.4 Å². The highest BCUT2D eigenvalue weighted by Crippen LogP contribution is 2.45. The summed E-state index contributed by atoms with van der Waals surface area (Å²) < 4.78 is 21.7. The molecular weight excluding hydrogens is 457 g/mol. The number of ether oxygens (including phenoxy) is 1. The van der Waals surface area contributed by atoms with Crippen molar-refractivity contribution in [1.82, 2.24) is 9.58 Å². The highest BCUT2D eigenvalue weighted by molar-refractivity contribution is 7.81. The second kappa shape index (κ2) is 8.57. The summed E-state index contributed by atoms with van der Waals surface area (Å²) in [6.45, 7) is 0.660. The molecule has 0 radical (unpaired) electrons. The summed E-state index contributed by atoms with van der Waals surface area (Å²) in [5, 5.41) is 12.4. The molecular formula is C25H22FN3O4S. The molecule has 174 valence electrons. The van der Waals surface area contributed by atoms with Gasteiger partial charge < -0.3 is 14.7 Å². The Kier molecular flexibility index (Phi) is 5.57. The average Bonchev–Trinajstić information content (AvgIpc) is 2.84. The van der Waals surface area contributed by atoms with Gasteiger partial charge in [0.1, 0.15) is 24.8 Å². The minimum atomic E-state index is -1.28. The van der Waals surface area contributed by atoms with E-state index in [1.807, 2.05) is 36.4 Å². The third kappa shape index (κ3) is 3.52. The normalized spacial score (nSPS) is 20.9. The van der Waals surface area contributed by atoms with Crippen LogP contribution < -0.4 is 15.2 Å². The number of pyridine rings is 1. The topological polar surface area (TPSA) is 75.0 Å². The van der Waals surface area contributed by atoms with Crippen LogP contribution in [0.5, 0.6) is 11.5 Å². The standard InChI is InChI=1S/C25H22FN3O4S/c26-18-9-10-19-21(15-18)33-14-6-2-5-12-27-16-29(25(19,34)17-7-3-1-4-8-17)28-13-11-20(30)23(31)22(28)24(27)32/h1-4,6-11,13,15,31,34H,5,12,14,16H2/b6-2+/t25-/m0/s1. The van der Waals surface area contributed by atoms with E-state index in [0.29, 0.717) is 24.3 Å². The van der Waals surface area contributed by atoms with E-state index >= 15 is 0 Å². The third-order valence-corrected chi connectivity index (χ3v) is 6.77. The second-order valence-corrected chi connectivity index (χ2v) is 8.73. The first-order chi connectivity index (χ1) is 16.4. The van der Waals surface area contributed by atoms with Gasteiger partial charge in [-0.3, -0.25) is 19.3 Å². The summed E-state index contributed by atoms with van der Waals surface area (Å²) in [5.74, 6) is -1.27. The first-order valence-corrected chi connectivity index (χ1v) is 11.2. The van der Waals surface area contributed by atoms with Crippen LogP contribution in [0.25, 0.3) is 0 Å². The summed E-state index contributed by atoms with van der Waals surface area (Å²) >= 11 is 5.17. The van der Waals surface area contributed by atoms with E-state index in [4.69, 9.17) is 17.4 Å². The largest absolute Gasteiger partial charge is 0.502 e. The molecule has 0 saturated carbocycles. The molecule has 0 saturated heterocycles. The Bertz CT molecular complexity index is 1340. The maximum Gasteiger partial charge on any atom is 0.277 e. The number of hydrogen-bond acceptors (Lipinski definition) is 6. The van der Waals surface area contributed by atoms with E-state index in [2.05, 4.69) is 0 Å². The lowest BCUT2D eigenvalue weighted by atomic mass is 9.95. The fraction of sp³-hybridized carbons (Fsp3) is 0.200. The van der Waals surface area contributed by atoms with Gasteiger partial charge in [0.15, 0.2) is 16.3 Å². The molecule has 0 aliphatic carbocycles. The fourth-order valence-corrected chi connectivity index (χ4v) is 4.86. The Balaban J connectivity index is 1.85. The number of aromatic nitrogens is 1. The summed E-state index contributed by atoms with van der Waals surface area (Å²) in [7, 11) is 0. The lowest BCUT2D eigenvalue weighted by molar-refractivity contribution is 0.0678. The van der Waals surface area contributed by atoms with Gasteiger partial charge in [0, 0.05) is 30.4 Å². The smallest absolute Gasteiger partial charge is 0.277 e. The second-order valence-electron chi connectivity index (χ2n) is 8.08. The molecule has 2 aliphatic heterocycles. The van der Waals surface area contributed by atoms with Crippen molar-refractivity contribution in [1.29, 1.82) is 0 Å². The van der Waals surface area contributed by atoms with Gasteiger partial charge in [-0.05, 0) is 24.1 Å². The van der Waals surface area contributed by atoms with Gasteiger partial charge in [-0.25, -0.2) is 4.39 Å². The van der Waals surface area contributed by atoms with E-state index in [-0.39, 0.29) is 19.0 Å². The molecule has 0 spiro atoms. The molecule has 1 atom stereocenters. The van der Waals surface area contributed by atoms with Gasteiger partial charge in [0.2, 0.25) is 5.43 Å². The number of nitrogens with zero attached hydrogens (tertiary/aromatic N) is 3. The molecule has 2 bridgehead atoms. The van der Waals surface area contributed by atoms with E-state index in [1.54, 1.807) is 22.1 Å². The molecule has 2 aromatic carbocycles. The molecule has 1 N–H and O–H groups in total.